The lowest BCUT2D eigenvalue weighted by Crippen LogP contribution is -2.10. The van der Waals surface area contributed by atoms with E-state index in [1.54, 1.807) is 5.38 Å². The standard InChI is InChI=1S/C22H23NO4S/c1-14-10-15(2)16(3)20(11-14)27-9-8-26-19-6-4-17(5-7-19)22-23-18(13-28-22)12-21(24)25/h4-7,10-11,13H,8-9,12H2,1-3H3,(H,24,25). The van der Waals surface area contributed by atoms with Crippen LogP contribution < -0.4 is 9.47 Å². The number of aliphatic carboxylic acids is 1. The zero-order chi connectivity index (χ0) is 20.1. The molecular formula is C22H23NO4S. The quantitative estimate of drug-likeness (QED) is 0.552. The van der Waals surface area contributed by atoms with Crippen molar-refractivity contribution >= 4 is 17.3 Å². The minimum absolute atomic E-state index is 0.0579. The van der Waals surface area contributed by atoms with Gasteiger partial charge in [-0.15, -0.1) is 11.3 Å². The van der Waals surface area contributed by atoms with Gasteiger partial charge in [0.25, 0.3) is 0 Å². The number of thiazole rings is 1. The Morgan fingerprint density at radius 2 is 1.79 bits per heavy atom. The van der Waals surface area contributed by atoms with Crippen molar-refractivity contribution in [2.24, 2.45) is 0 Å². The first-order valence-electron chi connectivity index (χ1n) is 9.02. The van der Waals surface area contributed by atoms with Crippen LogP contribution in [0.3, 0.4) is 0 Å². The normalized spacial score (nSPS) is 10.7. The van der Waals surface area contributed by atoms with Crippen molar-refractivity contribution in [3.05, 3.63) is 64.2 Å². The molecule has 6 heteroatoms. The average Bonchev–Trinajstić information content (AvgIpc) is 3.10. The van der Waals surface area contributed by atoms with Crippen LogP contribution in [0.5, 0.6) is 11.5 Å². The molecule has 1 heterocycles. The van der Waals surface area contributed by atoms with Gasteiger partial charge in [0, 0.05) is 10.9 Å². The summed E-state index contributed by atoms with van der Waals surface area (Å²) in [5, 5.41) is 11.4. The van der Waals surface area contributed by atoms with Gasteiger partial charge >= 0.3 is 5.97 Å². The van der Waals surface area contributed by atoms with Crippen LogP contribution in [-0.2, 0) is 11.2 Å². The van der Waals surface area contributed by atoms with E-state index in [-0.39, 0.29) is 6.42 Å². The van der Waals surface area contributed by atoms with E-state index >= 15 is 0 Å². The van der Waals surface area contributed by atoms with E-state index < -0.39 is 5.97 Å². The molecule has 0 aliphatic rings. The fourth-order valence-corrected chi connectivity index (χ4v) is 3.66. The second kappa shape index (κ2) is 8.89. The van der Waals surface area contributed by atoms with E-state index in [0.717, 1.165) is 27.6 Å². The van der Waals surface area contributed by atoms with Gasteiger partial charge in [-0.1, -0.05) is 6.07 Å². The molecule has 1 aromatic heterocycles. The third-order valence-electron chi connectivity index (χ3n) is 4.36. The van der Waals surface area contributed by atoms with Gasteiger partial charge in [-0.2, -0.15) is 0 Å². The number of hydrogen-bond donors (Lipinski definition) is 1. The summed E-state index contributed by atoms with van der Waals surface area (Å²) < 4.78 is 11.6. The van der Waals surface area contributed by atoms with Crippen LogP contribution >= 0.6 is 11.3 Å². The summed E-state index contributed by atoms with van der Waals surface area (Å²) in [6.45, 7) is 7.12. The molecule has 0 spiro atoms. The van der Waals surface area contributed by atoms with E-state index in [1.165, 1.54) is 22.5 Å². The Morgan fingerprint density at radius 3 is 2.50 bits per heavy atom. The number of benzene rings is 2. The zero-order valence-corrected chi connectivity index (χ0v) is 17.0. The van der Waals surface area contributed by atoms with Gasteiger partial charge in [0.15, 0.2) is 0 Å². The van der Waals surface area contributed by atoms with Crippen LogP contribution in [-0.4, -0.2) is 29.3 Å². The molecule has 1 N–H and O–H groups in total. The van der Waals surface area contributed by atoms with Gasteiger partial charge < -0.3 is 14.6 Å². The summed E-state index contributed by atoms with van der Waals surface area (Å²) in [6, 6.07) is 11.8. The SMILES string of the molecule is Cc1cc(C)c(C)c(OCCOc2ccc(-c3nc(CC(=O)O)cs3)cc2)c1. The molecule has 0 atom stereocenters. The molecular weight excluding hydrogens is 374 g/mol. The van der Waals surface area contributed by atoms with Crippen molar-refractivity contribution in [1.82, 2.24) is 4.98 Å². The maximum absolute atomic E-state index is 10.8. The third kappa shape index (κ3) is 5.10. The molecule has 0 saturated carbocycles. The van der Waals surface area contributed by atoms with Crippen molar-refractivity contribution in [3.8, 4) is 22.1 Å². The lowest BCUT2D eigenvalue weighted by molar-refractivity contribution is -0.136. The molecule has 0 aliphatic heterocycles. The first-order chi connectivity index (χ1) is 13.4. The number of hydrogen-bond acceptors (Lipinski definition) is 5. The van der Waals surface area contributed by atoms with E-state index in [0.29, 0.717) is 18.9 Å². The summed E-state index contributed by atoms with van der Waals surface area (Å²) >= 11 is 1.44. The molecule has 0 fully saturated rings. The highest BCUT2D eigenvalue weighted by molar-refractivity contribution is 7.13. The Bertz CT molecular complexity index is 963. The number of nitrogens with zero attached hydrogens (tertiary/aromatic N) is 1. The Balaban J connectivity index is 1.52. The number of aromatic nitrogens is 1. The van der Waals surface area contributed by atoms with Gasteiger partial charge in [0.05, 0.1) is 12.1 Å². The first kappa shape index (κ1) is 19.9. The predicted molar refractivity (Wildman–Crippen MR) is 111 cm³/mol. The summed E-state index contributed by atoms with van der Waals surface area (Å²) in [7, 11) is 0. The number of carbonyl (C=O) groups is 1. The monoisotopic (exact) mass is 397 g/mol. The number of aryl methyl sites for hydroxylation is 2. The van der Waals surface area contributed by atoms with Crippen molar-refractivity contribution < 1.29 is 19.4 Å². The van der Waals surface area contributed by atoms with Crippen LogP contribution in [0.4, 0.5) is 0 Å². The molecule has 0 saturated heterocycles. The molecule has 146 valence electrons. The second-order valence-electron chi connectivity index (χ2n) is 6.64. The Kier molecular flexibility index (Phi) is 6.31. The van der Waals surface area contributed by atoms with Gasteiger partial charge in [-0.05, 0) is 67.8 Å². The molecule has 0 radical (unpaired) electrons. The van der Waals surface area contributed by atoms with Crippen molar-refractivity contribution in [2.45, 2.75) is 27.2 Å². The predicted octanol–water partition coefficient (Wildman–Crippen LogP) is 4.82. The Hall–Kier alpha value is -2.86. The fraction of sp³-hybridized carbons (Fsp3) is 0.273. The smallest absolute Gasteiger partial charge is 0.309 e. The minimum Gasteiger partial charge on any atom is -0.490 e. The summed E-state index contributed by atoms with van der Waals surface area (Å²) in [5.74, 6) is 0.781. The van der Waals surface area contributed by atoms with Crippen LogP contribution in [0, 0.1) is 20.8 Å². The number of carboxylic acids is 1. The molecule has 3 aromatic rings. The highest BCUT2D eigenvalue weighted by Gasteiger charge is 2.08. The number of rotatable bonds is 8. The first-order valence-corrected chi connectivity index (χ1v) is 9.90. The van der Waals surface area contributed by atoms with Gasteiger partial charge in [0.2, 0.25) is 0 Å². The van der Waals surface area contributed by atoms with Gasteiger partial charge in [-0.3, -0.25) is 4.79 Å². The van der Waals surface area contributed by atoms with Gasteiger partial charge in [-0.25, -0.2) is 4.98 Å². The van der Waals surface area contributed by atoms with E-state index in [1.807, 2.05) is 30.3 Å². The molecule has 0 aliphatic carbocycles. The van der Waals surface area contributed by atoms with Crippen molar-refractivity contribution in [1.29, 1.82) is 0 Å². The zero-order valence-electron chi connectivity index (χ0n) is 16.2. The van der Waals surface area contributed by atoms with Crippen LogP contribution in [0.2, 0.25) is 0 Å². The Morgan fingerprint density at radius 1 is 1.07 bits per heavy atom. The highest BCUT2D eigenvalue weighted by atomic mass is 32.1. The van der Waals surface area contributed by atoms with E-state index in [4.69, 9.17) is 14.6 Å². The molecule has 2 aromatic carbocycles. The summed E-state index contributed by atoms with van der Waals surface area (Å²) in [4.78, 5) is 15.1. The number of ether oxygens (including phenoxy) is 2. The van der Waals surface area contributed by atoms with Crippen LogP contribution in [0.25, 0.3) is 10.6 Å². The van der Waals surface area contributed by atoms with E-state index in [9.17, 15) is 4.79 Å². The van der Waals surface area contributed by atoms with E-state index in [2.05, 4.69) is 31.8 Å². The van der Waals surface area contributed by atoms with Crippen molar-refractivity contribution in [3.63, 3.8) is 0 Å². The van der Waals surface area contributed by atoms with Crippen LogP contribution in [0.15, 0.2) is 41.8 Å². The molecule has 0 unspecified atom stereocenters. The number of carboxylic acid groups (broad SMARTS) is 1. The summed E-state index contributed by atoms with van der Waals surface area (Å²) in [6.07, 6.45) is -0.0579. The van der Waals surface area contributed by atoms with Crippen LogP contribution in [0.1, 0.15) is 22.4 Å². The average molecular weight is 397 g/mol. The Labute approximate surface area is 168 Å². The molecule has 28 heavy (non-hydrogen) atoms. The highest BCUT2D eigenvalue weighted by Crippen LogP contribution is 2.26. The fourth-order valence-electron chi connectivity index (χ4n) is 2.83. The van der Waals surface area contributed by atoms with Crippen molar-refractivity contribution in [2.75, 3.05) is 13.2 Å². The lowest BCUT2D eigenvalue weighted by atomic mass is 10.1. The minimum atomic E-state index is -0.876. The maximum atomic E-state index is 10.8. The third-order valence-corrected chi connectivity index (χ3v) is 5.30. The topological polar surface area (TPSA) is 68.7 Å². The summed E-state index contributed by atoms with van der Waals surface area (Å²) in [5.41, 5.74) is 5.08. The molecule has 3 rings (SSSR count). The maximum Gasteiger partial charge on any atom is 0.309 e. The lowest BCUT2D eigenvalue weighted by Gasteiger charge is -2.13. The molecule has 0 amide bonds. The molecule has 5 nitrogen and oxygen atoms in total. The van der Waals surface area contributed by atoms with Gasteiger partial charge in [0.1, 0.15) is 29.7 Å². The second-order valence-corrected chi connectivity index (χ2v) is 7.50. The largest absolute Gasteiger partial charge is 0.490 e. The molecule has 0 bridgehead atoms.